The maximum atomic E-state index is 14.3. The third-order valence-electron chi connectivity index (χ3n) is 2.95. The van der Waals surface area contributed by atoms with Crippen LogP contribution in [-0.4, -0.2) is 35.5 Å². The molecule has 0 aliphatic rings. The summed E-state index contributed by atoms with van der Waals surface area (Å²) in [5.41, 5.74) is -0.0666. The lowest BCUT2D eigenvalue weighted by Gasteiger charge is -2.01. The van der Waals surface area contributed by atoms with Gasteiger partial charge in [0, 0.05) is 10.7 Å². The van der Waals surface area contributed by atoms with Gasteiger partial charge in [0.1, 0.15) is 5.82 Å². The third-order valence-corrected chi connectivity index (χ3v) is 5.19. The minimum Gasteiger partial charge on any atom is -0.479 e. The van der Waals surface area contributed by atoms with Crippen LogP contribution in [-0.2, 0) is 9.05 Å². The largest absolute Gasteiger partial charge is 0.479 e. The van der Waals surface area contributed by atoms with Gasteiger partial charge >= 0.3 is 0 Å². The summed E-state index contributed by atoms with van der Waals surface area (Å²) in [4.78, 5) is -0.517. The van der Waals surface area contributed by atoms with Crippen LogP contribution in [0.4, 0.5) is 13.2 Å². The van der Waals surface area contributed by atoms with E-state index in [0.717, 1.165) is 10.7 Å². The number of hydrogen-bond donors (Lipinski definition) is 0. The van der Waals surface area contributed by atoms with Gasteiger partial charge in [-0.1, -0.05) is 11.3 Å². The Hall–Kier alpha value is -1.92. The van der Waals surface area contributed by atoms with Crippen molar-refractivity contribution in [3.63, 3.8) is 0 Å². The zero-order chi connectivity index (χ0) is 17.6. The number of rotatable bonds is 4. The fraction of sp³-hybridized carbons (Fsp3) is 0.182. The smallest absolute Gasteiger partial charge is 0.291 e. The summed E-state index contributed by atoms with van der Waals surface area (Å²) in [5.74, 6) is -1.12. The van der Waals surface area contributed by atoms with Crippen LogP contribution in [0.3, 0.4) is 0 Å². The summed E-state index contributed by atoms with van der Waals surface area (Å²) < 4.78 is 68.4. The minimum absolute atomic E-state index is 0.0666. The quantitative estimate of drug-likeness (QED) is 0.628. The Balaban J connectivity index is 2.32. The van der Waals surface area contributed by atoms with Crippen molar-refractivity contribution in [3.05, 3.63) is 23.0 Å². The molecule has 0 aliphatic heterocycles. The topological polar surface area (TPSA) is 87.0 Å². The molecule has 0 spiro atoms. The van der Waals surface area contributed by atoms with Gasteiger partial charge < -0.3 is 4.74 Å². The summed E-state index contributed by atoms with van der Waals surface area (Å²) in [6.45, 7) is 0. The highest BCUT2D eigenvalue weighted by Crippen LogP contribution is 2.34. The Kier molecular flexibility index (Phi) is 4.13. The van der Waals surface area contributed by atoms with Gasteiger partial charge in [-0.05, 0) is 12.1 Å². The van der Waals surface area contributed by atoms with E-state index in [-0.39, 0.29) is 21.9 Å². The molecule has 24 heavy (non-hydrogen) atoms. The molecule has 0 aliphatic carbocycles. The summed E-state index contributed by atoms with van der Waals surface area (Å²) >= 11 is 0.520. The van der Waals surface area contributed by atoms with Crippen molar-refractivity contribution in [2.75, 3.05) is 7.11 Å². The lowest BCUT2D eigenvalue weighted by molar-refractivity contribution is 0.150. The maximum absolute atomic E-state index is 14.3. The second-order valence-corrected chi connectivity index (χ2v) is 7.94. The molecule has 0 fully saturated rings. The molecule has 2 heterocycles. The Morgan fingerprint density at radius 1 is 1.33 bits per heavy atom. The number of halogens is 4. The van der Waals surface area contributed by atoms with Crippen LogP contribution < -0.4 is 4.74 Å². The van der Waals surface area contributed by atoms with E-state index in [1.54, 1.807) is 0 Å². The van der Waals surface area contributed by atoms with Crippen LogP contribution in [0, 0.1) is 5.82 Å². The van der Waals surface area contributed by atoms with E-state index in [1.165, 1.54) is 7.11 Å². The molecule has 0 amide bonds. The van der Waals surface area contributed by atoms with Gasteiger partial charge in [-0.25, -0.2) is 26.3 Å². The van der Waals surface area contributed by atoms with Gasteiger partial charge in [0.2, 0.25) is 11.0 Å². The Morgan fingerprint density at radius 3 is 2.58 bits per heavy atom. The van der Waals surface area contributed by atoms with Gasteiger partial charge in [0.15, 0.2) is 5.01 Å². The maximum Gasteiger partial charge on any atom is 0.291 e. The molecular weight excluding hydrogens is 393 g/mol. The molecule has 2 aromatic heterocycles. The highest BCUT2D eigenvalue weighted by atomic mass is 35.7. The fourth-order valence-corrected chi connectivity index (χ4v) is 3.40. The average Bonchev–Trinajstić information content (AvgIpc) is 3.10. The fourth-order valence-electron chi connectivity index (χ4n) is 1.97. The Labute approximate surface area is 141 Å². The highest BCUT2D eigenvalue weighted by Gasteiger charge is 2.24. The van der Waals surface area contributed by atoms with Crippen molar-refractivity contribution >= 4 is 42.0 Å². The lowest BCUT2D eigenvalue weighted by Crippen LogP contribution is -1.98. The highest BCUT2D eigenvalue weighted by molar-refractivity contribution is 8.13. The van der Waals surface area contributed by atoms with E-state index in [4.69, 9.17) is 15.4 Å². The second-order valence-electron chi connectivity index (χ2n) is 4.38. The number of nitrogens with zero attached hydrogens (tertiary/aromatic N) is 4. The SMILES string of the molecule is COc1nn(-c2nnc(C(F)F)s2)c2cc(S(=O)(=O)Cl)cc(F)c12. The molecule has 13 heteroatoms. The molecule has 7 nitrogen and oxygen atoms in total. The van der Waals surface area contributed by atoms with Crippen molar-refractivity contribution in [1.82, 2.24) is 20.0 Å². The van der Waals surface area contributed by atoms with Crippen molar-refractivity contribution in [3.8, 4) is 11.0 Å². The van der Waals surface area contributed by atoms with Crippen molar-refractivity contribution < 1.29 is 26.3 Å². The van der Waals surface area contributed by atoms with Gasteiger partial charge in [-0.3, -0.25) is 0 Å². The molecule has 0 bridgehead atoms. The molecule has 0 saturated heterocycles. The Bertz CT molecular complexity index is 1030. The van der Waals surface area contributed by atoms with E-state index in [0.29, 0.717) is 17.4 Å². The predicted octanol–water partition coefficient (Wildman–Crippen LogP) is 2.89. The van der Waals surface area contributed by atoms with Crippen LogP contribution in [0.5, 0.6) is 5.88 Å². The molecule has 3 aromatic rings. The first-order valence-electron chi connectivity index (χ1n) is 6.05. The van der Waals surface area contributed by atoms with E-state index in [2.05, 4.69) is 15.3 Å². The standard InChI is InChI=1S/C11H6ClF3N4O3S2/c1-22-9-7-5(13)2-4(24(12,20)21)3-6(7)19(18-9)11-17-16-10(23-11)8(14)15/h2-3,8H,1H3. The number of fused-ring (bicyclic) bond motifs is 1. The number of ether oxygens (including phenoxy) is 1. The average molecular weight is 399 g/mol. The molecule has 0 N–H and O–H groups in total. The van der Waals surface area contributed by atoms with Crippen molar-refractivity contribution in [2.45, 2.75) is 11.3 Å². The zero-order valence-electron chi connectivity index (χ0n) is 11.6. The number of aromatic nitrogens is 4. The summed E-state index contributed by atoms with van der Waals surface area (Å²) in [5, 5.41) is 9.96. The van der Waals surface area contributed by atoms with Crippen LogP contribution in [0.1, 0.15) is 11.4 Å². The molecule has 0 radical (unpaired) electrons. The summed E-state index contributed by atoms with van der Waals surface area (Å²) in [6.07, 6.45) is -2.84. The van der Waals surface area contributed by atoms with Crippen LogP contribution in [0.15, 0.2) is 17.0 Å². The molecular formula is C11H6ClF3N4O3S2. The Morgan fingerprint density at radius 2 is 2.04 bits per heavy atom. The van der Waals surface area contributed by atoms with Gasteiger partial charge in [-0.2, -0.15) is 0 Å². The first kappa shape index (κ1) is 16.9. The van der Waals surface area contributed by atoms with E-state index >= 15 is 0 Å². The molecule has 0 atom stereocenters. The normalized spacial score (nSPS) is 12.2. The van der Waals surface area contributed by atoms with Crippen LogP contribution >= 0.6 is 22.0 Å². The van der Waals surface area contributed by atoms with E-state index in [1.807, 2.05) is 0 Å². The van der Waals surface area contributed by atoms with Crippen molar-refractivity contribution in [2.24, 2.45) is 0 Å². The van der Waals surface area contributed by atoms with Gasteiger partial charge in [0.05, 0.1) is 22.9 Å². The van der Waals surface area contributed by atoms with Crippen molar-refractivity contribution in [1.29, 1.82) is 0 Å². The van der Waals surface area contributed by atoms with Gasteiger partial charge in [-0.15, -0.1) is 15.3 Å². The third kappa shape index (κ3) is 2.80. The minimum atomic E-state index is -4.22. The lowest BCUT2D eigenvalue weighted by atomic mass is 10.2. The second kappa shape index (κ2) is 5.86. The van der Waals surface area contributed by atoms with Crippen LogP contribution in [0.2, 0.25) is 0 Å². The van der Waals surface area contributed by atoms with Crippen LogP contribution in [0.25, 0.3) is 16.0 Å². The van der Waals surface area contributed by atoms with E-state index < -0.39 is 31.2 Å². The monoisotopic (exact) mass is 398 g/mol. The van der Waals surface area contributed by atoms with E-state index in [9.17, 15) is 21.6 Å². The molecule has 0 saturated carbocycles. The molecule has 0 unspecified atom stereocenters. The van der Waals surface area contributed by atoms with Gasteiger partial charge in [0.25, 0.3) is 15.5 Å². The summed E-state index contributed by atoms with van der Waals surface area (Å²) in [6, 6.07) is 1.75. The number of hydrogen-bond acceptors (Lipinski definition) is 7. The number of benzene rings is 1. The molecule has 1 aromatic carbocycles. The number of methoxy groups -OCH3 is 1. The first-order valence-corrected chi connectivity index (χ1v) is 9.18. The predicted molar refractivity (Wildman–Crippen MR) is 79.0 cm³/mol. The first-order chi connectivity index (χ1) is 11.2. The summed E-state index contributed by atoms with van der Waals surface area (Å²) in [7, 11) is 2.24. The zero-order valence-corrected chi connectivity index (χ0v) is 14.0. The molecule has 3 rings (SSSR count). The molecule has 128 valence electrons. The number of alkyl halides is 2.